The Morgan fingerprint density at radius 3 is 2.00 bits per heavy atom. The molecule has 0 aromatic heterocycles. The van der Waals surface area contributed by atoms with E-state index in [4.69, 9.17) is 14.6 Å². The Kier molecular flexibility index (Phi) is 5.37. The molecule has 0 fully saturated rings. The van der Waals surface area contributed by atoms with E-state index >= 15 is 0 Å². The summed E-state index contributed by atoms with van der Waals surface area (Å²) in [5.41, 5.74) is 0.330. The first-order valence-electron chi connectivity index (χ1n) is 6.14. The number of ether oxygens (including phenoxy) is 2. The number of rotatable bonds is 6. The van der Waals surface area contributed by atoms with Gasteiger partial charge in [0.15, 0.2) is 0 Å². The summed E-state index contributed by atoms with van der Waals surface area (Å²) in [6.07, 6.45) is 0. The fourth-order valence-corrected chi connectivity index (χ4v) is 1.73. The van der Waals surface area contributed by atoms with Gasteiger partial charge in [-0.3, -0.25) is 9.59 Å². The molecule has 0 spiro atoms. The van der Waals surface area contributed by atoms with E-state index in [0.717, 1.165) is 0 Å². The molecule has 6 nitrogen and oxygen atoms in total. The van der Waals surface area contributed by atoms with Crippen LogP contribution in [0, 0.1) is 0 Å². The molecule has 110 valence electrons. The second kappa shape index (κ2) is 6.79. The van der Waals surface area contributed by atoms with Crippen molar-refractivity contribution < 1.29 is 24.2 Å². The summed E-state index contributed by atoms with van der Waals surface area (Å²) in [4.78, 5) is 24.5. The smallest absolute Gasteiger partial charge is 0.323 e. The number of amides is 1. The van der Waals surface area contributed by atoms with Crippen molar-refractivity contribution in [1.82, 2.24) is 4.90 Å². The van der Waals surface area contributed by atoms with Gasteiger partial charge in [-0.2, -0.15) is 0 Å². The molecule has 0 aliphatic rings. The second-order valence-corrected chi connectivity index (χ2v) is 4.52. The Balaban J connectivity index is 3.13. The molecule has 20 heavy (non-hydrogen) atoms. The number of benzene rings is 1. The van der Waals surface area contributed by atoms with E-state index in [1.54, 1.807) is 32.0 Å². The maximum absolute atomic E-state index is 12.4. The highest BCUT2D eigenvalue weighted by atomic mass is 16.5. The zero-order chi connectivity index (χ0) is 15.3. The van der Waals surface area contributed by atoms with Gasteiger partial charge in [0.05, 0.1) is 14.2 Å². The molecule has 0 saturated carbocycles. The number of carboxylic acids is 1. The number of methoxy groups -OCH3 is 2. The quantitative estimate of drug-likeness (QED) is 0.857. The lowest BCUT2D eigenvalue weighted by molar-refractivity contribution is -0.138. The molecule has 0 unspecified atom stereocenters. The molecule has 0 radical (unpaired) electrons. The van der Waals surface area contributed by atoms with Crippen molar-refractivity contribution in [3.05, 3.63) is 23.8 Å². The average molecular weight is 281 g/mol. The minimum atomic E-state index is -1.05. The van der Waals surface area contributed by atoms with Crippen LogP contribution in [0.3, 0.4) is 0 Å². The predicted octanol–water partition coefficient (Wildman–Crippen LogP) is 1.64. The second-order valence-electron chi connectivity index (χ2n) is 4.52. The third kappa shape index (κ3) is 3.88. The Bertz CT molecular complexity index is 476. The van der Waals surface area contributed by atoms with E-state index < -0.39 is 5.97 Å². The van der Waals surface area contributed by atoms with E-state index in [9.17, 15) is 9.59 Å². The van der Waals surface area contributed by atoms with Crippen LogP contribution in [0.5, 0.6) is 11.5 Å². The number of carbonyl (C=O) groups is 2. The SMILES string of the molecule is COc1cc(OC)cc(C(=O)N(CC(=O)O)C(C)C)c1. The first-order chi connectivity index (χ1) is 9.38. The third-order valence-corrected chi connectivity index (χ3v) is 2.79. The van der Waals surface area contributed by atoms with Crippen molar-refractivity contribution in [3.8, 4) is 11.5 Å². The molecule has 0 bridgehead atoms. The van der Waals surface area contributed by atoms with Gasteiger partial charge in [-0.1, -0.05) is 0 Å². The number of hydrogen-bond donors (Lipinski definition) is 1. The highest BCUT2D eigenvalue weighted by Crippen LogP contribution is 2.23. The molecule has 1 N–H and O–H groups in total. The lowest BCUT2D eigenvalue weighted by Crippen LogP contribution is -2.40. The largest absolute Gasteiger partial charge is 0.497 e. The molecule has 0 aliphatic heterocycles. The average Bonchev–Trinajstić information content (AvgIpc) is 2.42. The van der Waals surface area contributed by atoms with Gasteiger partial charge in [0.2, 0.25) is 0 Å². The lowest BCUT2D eigenvalue weighted by Gasteiger charge is -2.25. The van der Waals surface area contributed by atoms with E-state index in [2.05, 4.69) is 0 Å². The van der Waals surface area contributed by atoms with Gasteiger partial charge in [-0.05, 0) is 26.0 Å². The van der Waals surface area contributed by atoms with Gasteiger partial charge in [-0.25, -0.2) is 0 Å². The molecule has 1 rings (SSSR count). The van der Waals surface area contributed by atoms with Crippen molar-refractivity contribution >= 4 is 11.9 Å². The van der Waals surface area contributed by atoms with Gasteiger partial charge >= 0.3 is 5.97 Å². The predicted molar refractivity (Wildman–Crippen MR) is 73.4 cm³/mol. The highest BCUT2D eigenvalue weighted by molar-refractivity contribution is 5.96. The van der Waals surface area contributed by atoms with Crippen LogP contribution in [0.1, 0.15) is 24.2 Å². The molecular formula is C14H19NO5. The van der Waals surface area contributed by atoms with E-state index in [-0.39, 0.29) is 18.5 Å². The molecule has 0 heterocycles. The molecule has 1 aromatic carbocycles. The Morgan fingerprint density at radius 2 is 1.65 bits per heavy atom. The van der Waals surface area contributed by atoms with Crippen LogP contribution < -0.4 is 9.47 Å². The standard InChI is InChI=1S/C14H19NO5/c1-9(2)15(8-13(16)17)14(18)10-5-11(19-3)7-12(6-10)20-4/h5-7,9H,8H2,1-4H3,(H,16,17). The minimum Gasteiger partial charge on any atom is -0.497 e. The van der Waals surface area contributed by atoms with Gasteiger partial charge in [0.1, 0.15) is 18.0 Å². The summed E-state index contributed by atoms with van der Waals surface area (Å²) in [5, 5.41) is 8.89. The number of nitrogens with zero attached hydrogens (tertiary/aromatic N) is 1. The van der Waals surface area contributed by atoms with Crippen LogP contribution in [0.15, 0.2) is 18.2 Å². The monoisotopic (exact) mass is 281 g/mol. The van der Waals surface area contributed by atoms with Crippen molar-refractivity contribution in [2.24, 2.45) is 0 Å². The number of carboxylic acid groups (broad SMARTS) is 1. The Hall–Kier alpha value is -2.24. The molecule has 6 heteroatoms. The van der Waals surface area contributed by atoms with Crippen molar-refractivity contribution in [2.45, 2.75) is 19.9 Å². The van der Waals surface area contributed by atoms with Crippen molar-refractivity contribution in [1.29, 1.82) is 0 Å². The molecule has 0 atom stereocenters. The molecule has 0 saturated heterocycles. The normalized spacial score (nSPS) is 10.2. The number of hydrogen-bond acceptors (Lipinski definition) is 4. The fourth-order valence-electron chi connectivity index (χ4n) is 1.73. The van der Waals surface area contributed by atoms with Crippen LogP contribution in [-0.4, -0.2) is 48.7 Å². The van der Waals surface area contributed by atoms with Crippen LogP contribution in [-0.2, 0) is 4.79 Å². The van der Waals surface area contributed by atoms with Crippen molar-refractivity contribution in [2.75, 3.05) is 20.8 Å². The van der Waals surface area contributed by atoms with Gasteiger partial charge < -0.3 is 19.5 Å². The van der Waals surface area contributed by atoms with E-state index in [1.165, 1.54) is 19.1 Å². The van der Waals surface area contributed by atoms with Crippen LogP contribution >= 0.6 is 0 Å². The Morgan fingerprint density at radius 1 is 1.15 bits per heavy atom. The zero-order valence-electron chi connectivity index (χ0n) is 12.0. The summed E-state index contributed by atoms with van der Waals surface area (Å²) in [6, 6.07) is 4.54. The summed E-state index contributed by atoms with van der Waals surface area (Å²) in [7, 11) is 2.97. The fraction of sp³-hybridized carbons (Fsp3) is 0.429. The zero-order valence-corrected chi connectivity index (χ0v) is 12.0. The maximum Gasteiger partial charge on any atom is 0.323 e. The molecule has 1 amide bonds. The van der Waals surface area contributed by atoms with Crippen molar-refractivity contribution in [3.63, 3.8) is 0 Å². The molecule has 1 aromatic rings. The Labute approximate surface area is 117 Å². The minimum absolute atomic E-state index is 0.226. The molecular weight excluding hydrogens is 262 g/mol. The van der Waals surface area contributed by atoms with Gasteiger partial charge in [-0.15, -0.1) is 0 Å². The maximum atomic E-state index is 12.4. The van der Waals surface area contributed by atoms with Crippen LogP contribution in [0.25, 0.3) is 0 Å². The first-order valence-corrected chi connectivity index (χ1v) is 6.14. The van der Waals surface area contributed by atoms with Gasteiger partial charge in [0.25, 0.3) is 5.91 Å². The van der Waals surface area contributed by atoms with Gasteiger partial charge in [0, 0.05) is 17.7 Å². The summed E-state index contributed by atoms with van der Waals surface area (Å²) in [5.74, 6) is -0.472. The third-order valence-electron chi connectivity index (χ3n) is 2.79. The van der Waals surface area contributed by atoms with E-state index in [1.807, 2.05) is 0 Å². The van der Waals surface area contributed by atoms with Crippen LogP contribution in [0.2, 0.25) is 0 Å². The van der Waals surface area contributed by atoms with Crippen LogP contribution in [0.4, 0.5) is 0 Å². The molecule has 0 aliphatic carbocycles. The highest BCUT2D eigenvalue weighted by Gasteiger charge is 2.22. The summed E-state index contributed by atoms with van der Waals surface area (Å²) in [6.45, 7) is 3.17. The lowest BCUT2D eigenvalue weighted by atomic mass is 10.1. The topological polar surface area (TPSA) is 76.1 Å². The summed E-state index contributed by atoms with van der Waals surface area (Å²) < 4.78 is 10.2. The summed E-state index contributed by atoms with van der Waals surface area (Å²) >= 11 is 0. The number of aliphatic carboxylic acids is 1. The van der Waals surface area contributed by atoms with E-state index in [0.29, 0.717) is 17.1 Å². The number of carbonyl (C=O) groups excluding carboxylic acids is 1. The first kappa shape index (κ1) is 15.8.